The van der Waals surface area contributed by atoms with E-state index in [4.69, 9.17) is 19.1 Å². The molecule has 15 nitrogen and oxygen atoms in total. The van der Waals surface area contributed by atoms with Crippen LogP contribution in [0.1, 0.15) is 6.92 Å². The van der Waals surface area contributed by atoms with Gasteiger partial charge in [-0.3, -0.25) is 9.35 Å². The Morgan fingerprint density at radius 1 is 1.10 bits per heavy atom. The number of carbonyl (C=O) groups is 1. The van der Waals surface area contributed by atoms with Gasteiger partial charge in [0.25, 0.3) is 0 Å². The first-order valence-electron chi connectivity index (χ1n) is 8.64. The predicted molar refractivity (Wildman–Crippen MR) is 92.8 cm³/mol. The van der Waals surface area contributed by atoms with Crippen molar-refractivity contribution in [2.45, 2.75) is 62.0 Å². The van der Waals surface area contributed by atoms with Gasteiger partial charge in [0.15, 0.2) is 6.29 Å². The molecule has 0 saturated carbocycles. The van der Waals surface area contributed by atoms with Crippen LogP contribution < -0.4 is 5.32 Å². The van der Waals surface area contributed by atoms with Gasteiger partial charge in [-0.25, -0.2) is 4.18 Å². The highest BCUT2D eigenvalue weighted by Gasteiger charge is 2.47. The molecular formula is C14H27NO14S. The first kappa shape index (κ1) is 27.0. The SMILES string of the molecule is CC(=O)N[C@@H](CO)[C@@H](O[C@@H]1O[C@H](COS(=O)(=O)O)[C@H](O)[C@H](O)[C@H]1O)[C@@H](O)[C@H](O)CO. The summed E-state index contributed by atoms with van der Waals surface area (Å²) in [5.74, 6) is -0.673. The maximum atomic E-state index is 11.3. The van der Waals surface area contributed by atoms with Gasteiger partial charge >= 0.3 is 10.4 Å². The molecule has 0 bridgehead atoms. The molecule has 0 aromatic rings. The number of aliphatic hydroxyl groups is 7. The summed E-state index contributed by atoms with van der Waals surface area (Å²) in [5.41, 5.74) is 0. The van der Waals surface area contributed by atoms with Crippen LogP contribution in [0.25, 0.3) is 0 Å². The molecule has 0 spiro atoms. The third kappa shape index (κ3) is 7.59. The van der Waals surface area contributed by atoms with Gasteiger partial charge in [-0.2, -0.15) is 8.42 Å². The highest BCUT2D eigenvalue weighted by atomic mass is 32.3. The van der Waals surface area contributed by atoms with Crippen molar-refractivity contribution in [3.05, 3.63) is 0 Å². The lowest BCUT2D eigenvalue weighted by atomic mass is 9.98. The quantitative estimate of drug-likeness (QED) is 0.129. The number of carbonyl (C=O) groups excluding carboxylic acids is 1. The van der Waals surface area contributed by atoms with Crippen molar-refractivity contribution >= 4 is 16.3 Å². The molecule has 0 aromatic heterocycles. The molecule has 1 saturated heterocycles. The Hall–Kier alpha value is -1.02. The molecule has 16 heteroatoms. The fraction of sp³-hybridized carbons (Fsp3) is 0.929. The predicted octanol–water partition coefficient (Wildman–Crippen LogP) is -5.79. The third-order valence-corrected chi connectivity index (χ3v) is 4.67. The molecule has 0 radical (unpaired) electrons. The van der Waals surface area contributed by atoms with Crippen LogP contribution in [-0.4, -0.2) is 130 Å². The second-order valence-corrected chi connectivity index (χ2v) is 7.65. The monoisotopic (exact) mass is 465 g/mol. The number of aliphatic hydroxyl groups excluding tert-OH is 7. The third-order valence-electron chi connectivity index (χ3n) is 4.24. The maximum Gasteiger partial charge on any atom is 0.397 e. The van der Waals surface area contributed by atoms with Crippen molar-refractivity contribution in [3.8, 4) is 0 Å². The van der Waals surface area contributed by atoms with E-state index in [1.165, 1.54) is 0 Å². The van der Waals surface area contributed by atoms with Crippen molar-refractivity contribution in [1.29, 1.82) is 0 Å². The lowest BCUT2D eigenvalue weighted by molar-refractivity contribution is -0.321. The molecule has 1 aliphatic heterocycles. The van der Waals surface area contributed by atoms with Crippen molar-refractivity contribution < 1.29 is 67.2 Å². The molecule has 9 atom stereocenters. The molecule has 0 aliphatic carbocycles. The fourth-order valence-corrected chi connectivity index (χ4v) is 3.01. The van der Waals surface area contributed by atoms with Crippen LogP contribution in [0, 0.1) is 0 Å². The van der Waals surface area contributed by atoms with Crippen LogP contribution in [0.15, 0.2) is 0 Å². The number of hydrogen-bond donors (Lipinski definition) is 9. The minimum absolute atomic E-state index is 0.673. The van der Waals surface area contributed by atoms with Crippen molar-refractivity contribution in [2.75, 3.05) is 19.8 Å². The number of rotatable bonds is 11. The maximum absolute atomic E-state index is 11.3. The number of nitrogens with one attached hydrogen (secondary N) is 1. The fourth-order valence-electron chi connectivity index (χ4n) is 2.71. The molecule has 0 unspecified atom stereocenters. The summed E-state index contributed by atoms with van der Waals surface area (Å²) < 4.78 is 44.6. The van der Waals surface area contributed by atoms with Gasteiger partial charge in [-0.1, -0.05) is 0 Å². The van der Waals surface area contributed by atoms with Crippen LogP contribution in [0.4, 0.5) is 0 Å². The summed E-state index contributed by atoms with van der Waals surface area (Å²) in [4.78, 5) is 11.3. The van der Waals surface area contributed by atoms with Crippen LogP contribution >= 0.6 is 0 Å². The van der Waals surface area contributed by atoms with Crippen LogP contribution in [0.3, 0.4) is 0 Å². The van der Waals surface area contributed by atoms with Gasteiger partial charge in [0, 0.05) is 6.92 Å². The Bertz CT molecular complexity index is 647. The zero-order chi connectivity index (χ0) is 23.2. The summed E-state index contributed by atoms with van der Waals surface area (Å²) in [6, 6.07) is -1.38. The van der Waals surface area contributed by atoms with Gasteiger partial charge in [0.1, 0.15) is 42.7 Å². The molecule has 1 amide bonds. The molecule has 30 heavy (non-hydrogen) atoms. The minimum atomic E-state index is -4.93. The average molecular weight is 465 g/mol. The van der Waals surface area contributed by atoms with Gasteiger partial charge in [-0.05, 0) is 0 Å². The summed E-state index contributed by atoms with van der Waals surface area (Å²) in [5, 5.41) is 70.7. The van der Waals surface area contributed by atoms with Crippen molar-refractivity contribution in [1.82, 2.24) is 5.32 Å². The summed E-state index contributed by atoms with van der Waals surface area (Å²) >= 11 is 0. The highest BCUT2D eigenvalue weighted by Crippen LogP contribution is 2.25. The first-order valence-corrected chi connectivity index (χ1v) is 10.0. The lowest BCUT2D eigenvalue weighted by Crippen LogP contribution is -2.63. The van der Waals surface area contributed by atoms with E-state index in [1.54, 1.807) is 0 Å². The summed E-state index contributed by atoms with van der Waals surface area (Å²) in [6.45, 7) is -1.70. The summed E-state index contributed by atoms with van der Waals surface area (Å²) in [7, 11) is -4.93. The highest BCUT2D eigenvalue weighted by molar-refractivity contribution is 7.80. The summed E-state index contributed by atoms with van der Waals surface area (Å²) in [6.07, 6.45) is -14.8. The first-order chi connectivity index (χ1) is 13.8. The zero-order valence-electron chi connectivity index (χ0n) is 15.8. The molecule has 1 fully saturated rings. The van der Waals surface area contributed by atoms with Gasteiger partial charge in [0.2, 0.25) is 5.91 Å². The minimum Gasteiger partial charge on any atom is -0.394 e. The van der Waals surface area contributed by atoms with Crippen LogP contribution in [0.5, 0.6) is 0 Å². The van der Waals surface area contributed by atoms with Gasteiger partial charge in [-0.15, -0.1) is 0 Å². The second-order valence-electron chi connectivity index (χ2n) is 6.56. The zero-order valence-corrected chi connectivity index (χ0v) is 16.6. The Morgan fingerprint density at radius 2 is 1.70 bits per heavy atom. The van der Waals surface area contributed by atoms with E-state index in [-0.39, 0.29) is 0 Å². The normalized spacial score (nSPS) is 31.6. The second kappa shape index (κ2) is 11.6. The number of amides is 1. The molecule has 0 aromatic carbocycles. The molecule has 178 valence electrons. The lowest BCUT2D eigenvalue weighted by Gasteiger charge is -2.43. The average Bonchev–Trinajstić information content (AvgIpc) is 2.67. The number of hydrogen-bond acceptors (Lipinski definition) is 13. The van der Waals surface area contributed by atoms with E-state index in [9.17, 15) is 43.9 Å². The van der Waals surface area contributed by atoms with E-state index >= 15 is 0 Å². The molecular weight excluding hydrogens is 438 g/mol. The Labute approximate surface area is 171 Å². The Balaban J connectivity index is 3.09. The van der Waals surface area contributed by atoms with Crippen molar-refractivity contribution in [3.63, 3.8) is 0 Å². The van der Waals surface area contributed by atoms with Crippen LogP contribution in [0.2, 0.25) is 0 Å². The molecule has 1 aliphatic rings. The largest absolute Gasteiger partial charge is 0.397 e. The smallest absolute Gasteiger partial charge is 0.394 e. The van der Waals surface area contributed by atoms with E-state index in [1.807, 2.05) is 0 Å². The standard InChI is InChI=1S/C14H27NO14S/c1-5(18)15-6(2-16)13(9(20)7(19)3-17)29-14-12(23)11(22)10(21)8(28-14)4-27-30(24,25)26/h6-14,16-17,19-23H,2-4H2,1H3,(H,15,18)(H,24,25,26)/t6-,7+,8+,9-,10-,11-,12+,13+,14-/m0/s1. The van der Waals surface area contributed by atoms with E-state index in [2.05, 4.69) is 9.50 Å². The van der Waals surface area contributed by atoms with E-state index in [0.717, 1.165) is 6.92 Å². The van der Waals surface area contributed by atoms with Gasteiger partial charge in [0.05, 0.1) is 25.9 Å². The van der Waals surface area contributed by atoms with Gasteiger partial charge < -0.3 is 50.5 Å². The van der Waals surface area contributed by atoms with E-state index in [0.29, 0.717) is 0 Å². The molecule has 1 rings (SSSR count). The van der Waals surface area contributed by atoms with Crippen molar-refractivity contribution in [2.24, 2.45) is 0 Å². The molecule has 9 N–H and O–H groups in total. The van der Waals surface area contributed by atoms with Crippen LogP contribution in [-0.2, 0) is 28.9 Å². The number of ether oxygens (including phenoxy) is 2. The van der Waals surface area contributed by atoms with E-state index < -0.39 is 91.2 Å². The Morgan fingerprint density at radius 3 is 2.17 bits per heavy atom. The topological polar surface area (TPSA) is 253 Å². The molecule has 1 heterocycles. The Kier molecular flexibility index (Phi) is 10.4.